The van der Waals surface area contributed by atoms with Crippen LogP contribution in [0.25, 0.3) is 21.8 Å². The Morgan fingerprint density at radius 2 is 1.79 bits per heavy atom. The van der Waals surface area contributed by atoms with Crippen molar-refractivity contribution in [1.29, 1.82) is 0 Å². The molecule has 2 heterocycles. The number of benzene rings is 2. The number of nitrogens with one attached hydrogen (secondary N) is 1. The van der Waals surface area contributed by atoms with E-state index in [-0.39, 0.29) is 23.9 Å². The van der Waals surface area contributed by atoms with Crippen molar-refractivity contribution in [2.24, 2.45) is 7.05 Å². The molecule has 0 aliphatic carbocycles. The zero-order valence-corrected chi connectivity index (χ0v) is 15.9. The third kappa shape index (κ3) is 3.17. The van der Waals surface area contributed by atoms with Gasteiger partial charge in [0.05, 0.1) is 6.20 Å². The maximum Gasteiger partial charge on any atom is 0.291 e. The van der Waals surface area contributed by atoms with Gasteiger partial charge in [0.1, 0.15) is 12.1 Å². The molecule has 6 nitrogen and oxygen atoms in total. The van der Waals surface area contributed by atoms with E-state index in [2.05, 4.69) is 17.3 Å². The van der Waals surface area contributed by atoms with E-state index >= 15 is 0 Å². The Morgan fingerprint density at radius 1 is 1.07 bits per heavy atom. The average molecular weight is 374 g/mol. The van der Waals surface area contributed by atoms with Gasteiger partial charge in [-0.15, -0.1) is 0 Å². The zero-order chi connectivity index (χ0) is 19.7. The first-order chi connectivity index (χ1) is 13.6. The van der Waals surface area contributed by atoms with Crippen molar-refractivity contribution in [1.82, 2.24) is 19.7 Å². The van der Waals surface area contributed by atoms with Crippen molar-refractivity contribution in [2.45, 2.75) is 19.4 Å². The molecule has 6 heteroatoms. The summed E-state index contributed by atoms with van der Waals surface area (Å²) in [7, 11) is 1.86. The van der Waals surface area contributed by atoms with E-state index in [1.165, 1.54) is 4.68 Å². The van der Waals surface area contributed by atoms with Crippen LogP contribution in [0.5, 0.6) is 0 Å². The molecule has 0 fully saturated rings. The van der Waals surface area contributed by atoms with Gasteiger partial charge in [0.2, 0.25) is 5.91 Å². The largest absolute Gasteiger partial charge is 0.354 e. The van der Waals surface area contributed by atoms with Crippen LogP contribution < -0.4 is 10.9 Å². The lowest BCUT2D eigenvalue weighted by molar-refractivity contribution is -0.121. The molecular formula is C22H22N4O2. The van der Waals surface area contributed by atoms with Gasteiger partial charge in [-0.3, -0.25) is 9.59 Å². The molecule has 0 radical (unpaired) electrons. The van der Waals surface area contributed by atoms with Gasteiger partial charge in [0.15, 0.2) is 0 Å². The quantitative estimate of drug-likeness (QED) is 0.584. The molecule has 0 saturated carbocycles. The second-order valence-corrected chi connectivity index (χ2v) is 7.06. The maximum atomic E-state index is 12.9. The first-order valence-corrected chi connectivity index (χ1v) is 9.31. The molecule has 1 atom stereocenters. The minimum absolute atomic E-state index is 0.0994. The summed E-state index contributed by atoms with van der Waals surface area (Å²) in [6.07, 6.45) is 1.67. The fraction of sp³-hybridized carbons (Fsp3) is 0.227. The second kappa shape index (κ2) is 7.31. The molecule has 1 amide bonds. The Bertz CT molecular complexity index is 1210. The van der Waals surface area contributed by atoms with Crippen molar-refractivity contribution < 1.29 is 4.79 Å². The van der Waals surface area contributed by atoms with Crippen LogP contribution in [0, 0.1) is 0 Å². The fourth-order valence-corrected chi connectivity index (χ4v) is 3.58. The summed E-state index contributed by atoms with van der Waals surface area (Å²) >= 11 is 0. The van der Waals surface area contributed by atoms with Crippen molar-refractivity contribution >= 4 is 27.7 Å². The Hall–Kier alpha value is -3.41. The number of rotatable bonds is 5. The van der Waals surface area contributed by atoms with Crippen molar-refractivity contribution in [3.05, 3.63) is 76.7 Å². The van der Waals surface area contributed by atoms with Crippen LogP contribution in [0.15, 0.2) is 65.6 Å². The highest BCUT2D eigenvalue weighted by Gasteiger charge is 2.15. The Labute approximate surface area is 162 Å². The van der Waals surface area contributed by atoms with E-state index in [1.807, 2.05) is 66.2 Å². The molecule has 2 aromatic carbocycles. The van der Waals surface area contributed by atoms with Crippen LogP contribution in [0.4, 0.5) is 0 Å². The van der Waals surface area contributed by atoms with E-state index in [9.17, 15) is 9.59 Å². The molecule has 0 aliphatic rings. The molecule has 0 aliphatic heterocycles. The monoisotopic (exact) mass is 374 g/mol. The summed E-state index contributed by atoms with van der Waals surface area (Å²) in [5.74, 6) is -0.0361. The molecule has 4 rings (SSSR count). The number of aryl methyl sites for hydroxylation is 1. The number of hydrogen-bond acceptors (Lipinski definition) is 3. The third-order valence-electron chi connectivity index (χ3n) is 5.18. The molecule has 4 aromatic rings. The minimum Gasteiger partial charge on any atom is -0.354 e. The Morgan fingerprint density at radius 3 is 2.57 bits per heavy atom. The molecular weight excluding hydrogens is 352 g/mol. The lowest BCUT2D eigenvalue weighted by atomic mass is 10.0. The van der Waals surface area contributed by atoms with Gasteiger partial charge >= 0.3 is 0 Å². The molecule has 0 bridgehead atoms. The number of para-hydroxylation sites is 1. The molecule has 28 heavy (non-hydrogen) atoms. The second-order valence-electron chi connectivity index (χ2n) is 7.06. The van der Waals surface area contributed by atoms with E-state index < -0.39 is 0 Å². The normalized spacial score (nSPS) is 12.4. The highest BCUT2D eigenvalue weighted by Crippen LogP contribution is 2.24. The fourth-order valence-electron chi connectivity index (χ4n) is 3.58. The molecule has 2 aromatic heterocycles. The van der Waals surface area contributed by atoms with Gasteiger partial charge < -0.3 is 9.88 Å². The number of aromatic nitrogens is 3. The molecule has 0 unspecified atom stereocenters. The van der Waals surface area contributed by atoms with Crippen molar-refractivity contribution in [2.75, 3.05) is 6.54 Å². The third-order valence-corrected chi connectivity index (χ3v) is 5.18. The van der Waals surface area contributed by atoms with Crippen molar-refractivity contribution in [3.8, 4) is 0 Å². The van der Waals surface area contributed by atoms with Crippen LogP contribution in [0.1, 0.15) is 18.4 Å². The number of amides is 1. The van der Waals surface area contributed by atoms with Gasteiger partial charge in [0, 0.05) is 29.9 Å². The summed E-state index contributed by atoms with van der Waals surface area (Å²) < 4.78 is 3.09. The van der Waals surface area contributed by atoms with Crippen LogP contribution in [0.3, 0.4) is 0 Å². The van der Waals surface area contributed by atoms with Gasteiger partial charge in [-0.2, -0.15) is 5.10 Å². The lowest BCUT2D eigenvalue weighted by Crippen LogP contribution is -2.35. The van der Waals surface area contributed by atoms with Crippen LogP contribution in [0.2, 0.25) is 0 Å². The molecule has 1 N–H and O–H groups in total. The summed E-state index contributed by atoms with van der Waals surface area (Å²) in [6.45, 7) is 2.47. The Balaban J connectivity index is 1.54. The molecule has 0 saturated heterocycles. The van der Waals surface area contributed by atoms with Gasteiger partial charge in [-0.1, -0.05) is 55.5 Å². The Kier molecular flexibility index (Phi) is 4.69. The molecule has 0 spiro atoms. The van der Waals surface area contributed by atoms with E-state index in [4.69, 9.17) is 0 Å². The number of carbonyl (C=O) groups excluding carboxylic acids is 1. The maximum absolute atomic E-state index is 12.9. The SMILES string of the molecule is C[C@@H](CNC(=O)Cn1ncc2c3ccccc3n(C)c2c1=O)c1ccccc1. The molecule has 142 valence electrons. The number of hydrogen-bond donors (Lipinski definition) is 1. The zero-order valence-electron chi connectivity index (χ0n) is 15.9. The predicted molar refractivity (Wildman–Crippen MR) is 110 cm³/mol. The summed E-state index contributed by atoms with van der Waals surface area (Å²) in [6, 6.07) is 17.8. The van der Waals surface area contributed by atoms with E-state index in [1.54, 1.807) is 6.20 Å². The topological polar surface area (TPSA) is 68.9 Å². The average Bonchev–Trinajstić information content (AvgIpc) is 3.02. The van der Waals surface area contributed by atoms with Gasteiger partial charge in [-0.25, -0.2) is 4.68 Å². The van der Waals surface area contributed by atoms with Crippen LogP contribution in [-0.4, -0.2) is 26.8 Å². The van der Waals surface area contributed by atoms with Crippen LogP contribution >= 0.6 is 0 Å². The summed E-state index contributed by atoms with van der Waals surface area (Å²) in [5, 5.41) is 8.91. The standard InChI is InChI=1S/C22H22N4O2/c1-15(16-8-4-3-5-9-16)12-23-20(27)14-26-22(28)21-18(13-24-26)17-10-6-7-11-19(17)25(21)2/h3-11,13,15H,12,14H2,1-2H3,(H,23,27)/t15-/m0/s1. The van der Waals surface area contributed by atoms with E-state index in [0.717, 1.165) is 21.9 Å². The van der Waals surface area contributed by atoms with E-state index in [0.29, 0.717) is 12.1 Å². The lowest BCUT2D eigenvalue weighted by Gasteiger charge is -2.13. The first-order valence-electron chi connectivity index (χ1n) is 9.31. The smallest absolute Gasteiger partial charge is 0.291 e. The number of fused-ring (bicyclic) bond motifs is 3. The number of carbonyl (C=O) groups is 1. The van der Waals surface area contributed by atoms with Gasteiger partial charge in [-0.05, 0) is 17.5 Å². The first kappa shape index (κ1) is 18.0. The summed E-state index contributed by atoms with van der Waals surface area (Å²) in [4.78, 5) is 25.3. The van der Waals surface area contributed by atoms with Crippen molar-refractivity contribution in [3.63, 3.8) is 0 Å². The highest BCUT2D eigenvalue weighted by atomic mass is 16.2. The minimum atomic E-state index is -0.262. The van der Waals surface area contributed by atoms with Gasteiger partial charge in [0.25, 0.3) is 5.56 Å². The predicted octanol–water partition coefficient (Wildman–Crippen LogP) is 2.81. The van der Waals surface area contributed by atoms with Crippen LogP contribution in [-0.2, 0) is 18.4 Å². The number of nitrogens with zero attached hydrogens (tertiary/aromatic N) is 3. The summed E-state index contributed by atoms with van der Waals surface area (Å²) in [5.41, 5.74) is 2.43. The highest BCUT2D eigenvalue weighted by molar-refractivity contribution is 6.07.